The van der Waals surface area contributed by atoms with E-state index in [4.69, 9.17) is 20.8 Å². The molecule has 1 fully saturated rings. The predicted molar refractivity (Wildman–Crippen MR) is 109 cm³/mol. The Balaban J connectivity index is 1.42. The molecule has 0 aliphatic carbocycles. The average molecular weight is 415 g/mol. The Labute approximate surface area is 174 Å². The molecule has 0 N–H and O–H groups in total. The van der Waals surface area contributed by atoms with Crippen molar-refractivity contribution in [1.82, 2.24) is 19.7 Å². The highest BCUT2D eigenvalue weighted by atomic mass is 35.5. The van der Waals surface area contributed by atoms with E-state index in [-0.39, 0.29) is 18.1 Å². The van der Waals surface area contributed by atoms with Crippen LogP contribution in [-0.4, -0.2) is 45.8 Å². The second kappa shape index (κ2) is 8.39. The van der Waals surface area contributed by atoms with Gasteiger partial charge in [-0.1, -0.05) is 17.7 Å². The second-order valence-electron chi connectivity index (χ2n) is 7.19. The number of nitrogens with zero attached hydrogens (tertiary/aromatic N) is 4. The summed E-state index contributed by atoms with van der Waals surface area (Å²) in [7, 11) is 1.41. The number of esters is 1. The first kappa shape index (κ1) is 19.7. The highest BCUT2D eigenvalue weighted by Crippen LogP contribution is 2.31. The maximum absolute atomic E-state index is 11.9. The molecule has 8 heteroatoms. The van der Waals surface area contributed by atoms with Crippen LogP contribution in [0.1, 0.15) is 48.2 Å². The van der Waals surface area contributed by atoms with Crippen LogP contribution in [0.4, 0.5) is 0 Å². The number of benzene rings is 1. The molecular formula is C21H23ClN4O3. The van der Waals surface area contributed by atoms with Gasteiger partial charge in [0.1, 0.15) is 5.69 Å². The van der Waals surface area contributed by atoms with Gasteiger partial charge in [0.2, 0.25) is 11.8 Å². The first-order chi connectivity index (χ1) is 14.1. The fraction of sp³-hybridized carbons (Fsp3) is 0.381. The van der Waals surface area contributed by atoms with Crippen LogP contribution < -0.4 is 0 Å². The third kappa shape index (κ3) is 4.06. The van der Waals surface area contributed by atoms with Crippen LogP contribution in [-0.2, 0) is 4.74 Å². The number of carbonyl (C=O) groups excluding carboxylic acids is 1. The number of likely N-dealkylation sites (tertiary alicyclic amines) is 1. The van der Waals surface area contributed by atoms with Gasteiger partial charge in [-0.2, -0.15) is 0 Å². The average Bonchev–Trinajstić information content (AvgIpc) is 3.43. The summed E-state index contributed by atoms with van der Waals surface area (Å²) in [4.78, 5) is 14.3. The van der Waals surface area contributed by atoms with Crippen molar-refractivity contribution in [1.29, 1.82) is 0 Å². The summed E-state index contributed by atoms with van der Waals surface area (Å²) in [5, 5.41) is 9.06. The Bertz CT molecular complexity index is 991. The SMILES string of the molecule is COC(=O)c1cccn1C1CCN(C(C)c2nnc(-c3cccc(Cl)c3)o2)CC1. The lowest BCUT2D eigenvalue weighted by atomic mass is 10.0. The van der Waals surface area contributed by atoms with Crippen molar-refractivity contribution in [2.24, 2.45) is 0 Å². The zero-order valence-electron chi connectivity index (χ0n) is 16.4. The van der Waals surface area contributed by atoms with Gasteiger partial charge in [0.25, 0.3) is 0 Å². The van der Waals surface area contributed by atoms with Gasteiger partial charge in [0.05, 0.1) is 13.2 Å². The molecule has 0 bridgehead atoms. The molecule has 1 atom stereocenters. The second-order valence-corrected chi connectivity index (χ2v) is 7.63. The standard InChI is InChI=1S/C21H23ClN4O3/c1-14(19-23-24-20(29-19)15-5-3-6-16(22)13-15)25-11-8-17(9-12-25)26-10-4-7-18(26)21(27)28-2/h3-7,10,13-14,17H,8-9,11-12H2,1-2H3. The first-order valence-electron chi connectivity index (χ1n) is 9.65. The van der Waals surface area contributed by atoms with Gasteiger partial charge in [-0.25, -0.2) is 4.79 Å². The lowest BCUT2D eigenvalue weighted by Crippen LogP contribution is -2.37. The van der Waals surface area contributed by atoms with Crippen molar-refractivity contribution >= 4 is 17.6 Å². The van der Waals surface area contributed by atoms with E-state index >= 15 is 0 Å². The Morgan fingerprint density at radius 1 is 1.24 bits per heavy atom. The number of aromatic nitrogens is 3. The number of hydrogen-bond donors (Lipinski definition) is 0. The molecule has 2 aromatic heterocycles. The van der Waals surface area contributed by atoms with Crippen molar-refractivity contribution in [3.8, 4) is 11.5 Å². The molecule has 0 saturated carbocycles. The minimum Gasteiger partial charge on any atom is -0.464 e. The summed E-state index contributed by atoms with van der Waals surface area (Å²) in [6.45, 7) is 3.82. The Kier molecular flexibility index (Phi) is 5.69. The molecule has 1 aliphatic rings. The van der Waals surface area contributed by atoms with Crippen LogP contribution in [0.25, 0.3) is 11.5 Å². The lowest BCUT2D eigenvalue weighted by molar-refractivity contribution is 0.0579. The molecule has 4 rings (SSSR count). The summed E-state index contributed by atoms with van der Waals surface area (Å²) in [6, 6.07) is 11.4. The quantitative estimate of drug-likeness (QED) is 0.577. The van der Waals surface area contributed by atoms with Gasteiger partial charge < -0.3 is 13.7 Å². The smallest absolute Gasteiger partial charge is 0.354 e. The molecule has 29 heavy (non-hydrogen) atoms. The first-order valence-corrected chi connectivity index (χ1v) is 10.0. The molecule has 7 nitrogen and oxygen atoms in total. The van der Waals surface area contributed by atoms with Crippen LogP contribution in [0.15, 0.2) is 47.0 Å². The Morgan fingerprint density at radius 2 is 2.03 bits per heavy atom. The van der Waals surface area contributed by atoms with Crippen LogP contribution >= 0.6 is 11.6 Å². The van der Waals surface area contributed by atoms with E-state index in [1.54, 1.807) is 6.07 Å². The predicted octanol–water partition coefficient (Wildman–Crippen LogP) is 4.38. The number of hydrogen-bond acceptors (Lipinski definition) is 6. The maximum Gasteiger partial charge on any atom is 0.354 e. The van der Waals surface area contributed by atoms with Crippen LogP contribution in [0.5, 0.6) is 0 Å². The number of ether oxygens (including phenoxy) is 1. The highest BCUT2D eigenvalue weighted by Gasteiger charge is 2.28. The third-order valence-electron chi connectivity index (χ3n) is 5.48. The topological polar surface area (TPSA) is 73.4 Å². The number of carbonyl (C=O) groups is 1. The molecule has 1 unspecified atom stereocenters. The Hall–Kier alpha value is -2.64. The largest absolute Gasteiger partial charge is 0.464 e. The summed E-state index contributed by atoms with van der Waals surface area (Å²) in [5.41, 5.74) is 1.41. The van der Waals surface area contributed by atoms with Gasteiger partial charge >= 0.3 is 5.97 Å². The van der Waals surface area contributed by atoms with Crippen molar-refractivity contribution in [3.63, 3.8) is 0 Å². The molecular weight excluding hydrogens is 392 g/mol. The normalized spacial score (nSPS) is 16.7. The van der Waals surface area contributed by atoms with Crippen molar-refractivity contribution in [2.45, 2.75) is 31.8 Å². The molecule has 3 heterocycles. The van der Waals surface area contributed by atoms with Crippen LogP contribution in [0.3, 0.4) is 0 Å². The third-order valence-corrected chi connectivity index (χ3v) is 5.72. The molecule has 0 amide bonds. The van der Waals surface area contributed by atoms with E-state index in [9.17, 15) is 4.79 Å². The van der Waals surface area contributed by atoms with Crippen molar-refractivity contribution < 1.29 is 13.9 Å². The molecule has 1 aliphatic heterocycles. The zero-order valence-corrected chi connectivity index (χ0v) is 17.2. The number of rotatable bonds is 5. The van der Waals surface area contributed by atoms with Crippen LogP contribution in [0, 0.1) is 0 Å². The minimum atomic E-state index is -0.301. The maximum atomic E-state index is 11.9. The number of methoxy groups -OCH3 is 1. The monoisotopic (exact) mass is 414 g/mol. The lowest BCUT2D eigenvalue weighted by Gasteiger charge is -2.35. The van der Waals surface area contributed by atoms with Gasteiger partial charge in [0, 0.05) is 35.9 Å². The number of piperidine rings is 1. The van der Waals surface area contributed by atoms with Gasteiger partial charge in [0.15, 0.2) is 0 Å². The molecule has 152 valence electrons. The summed E-state index contributed by atoms with van der Waals surface area (Å²) in [5.74, 6) is 0.763. The van der Waals surface area contributed by atoms with Crippen molar-refractivity contribution in [2.75, 3.05) is 20.2 Å². The van der Waals surface area contributed by atoms with Gasteiger partial charge in [-0.15, -0.1) is 10.2 Å². The van der Waals surface area contributed by atoms with E-state index < -0.39 is 0 Å². The fourth-order valence-corrected chi connectivity index (χ4v) is 4.03. The Morgan fingerprint density at radius 3 is 2.76 bits per heavy atom. The molecule has 0 radical (unpaired) electrons. The molecule has 3 aromatic rings. The van der Waals surface area contributed by atoms with E-state index in [2.05, 4.69) is 22.0 Å². The van der Waals surface area contributed by atoms with Crippen molar-refractivity contribution in [3.05, 3.63) is 59.2 Å². The minimum absolute atomic E-state index is 0.0149. The van der Waals surface area contributed by atoms with Gasteiger partial charge in [-0.05, 0) is 50.1 Å². The highest BCUT2D eigenvalue weighted by molar-refractivity contribution is 6.30. The van der Waals surface area contributed by atoms with E-state index in [1.807, 2.05) is 41.1 Å². The zero-order chi connectivity index (χ0) is 20.4. The molecule has 1 saturated heterocycles. The summed E-state index contributed by atoms with van der Waals surface area (Å²) in [6.07, 6.45) is 3.81. The molecule has 0 spiro atoms. The summed E-state index contributed by atoms with van der Waals surface area (Å²) >= 11 is 6.05. The van der Waals surface area contributed by atoms with E-state index in [1.165, 1.54) is 7.11 Å². The molecule has 1 aromatic carbocycles. The van der Waals surface area contributed by atoms with E-state index in [0.717, 1.165) is 31.5 Å². The summed E-state index contributed by atoms with van der Waals surface area (Å²) < 4.78 is 12.8. The van der Waals surface area contributed by atoms with Gasteiger partial charge in [-0.3, -0.25) is 4.90 Å². The fourth-order valence-electron chi connectivity index (χ4n) is 3.84. The van der Waals surface area contributed by atoms with Crippen LogP contribution in [0.2, 0.25) is 5.02 Å². The number of halogens is 1. The van der Waals surface area contributed by atoms with E-state index in [0.29, 0.717) is 22.5 Å².